The van der Waals surface area contributed by atoms with Gasteiger partial charge in [-0.2, -0.15) is 11.3 Å². The molecule has 3 aromatic rings. The summed E-state index contributed by atoms with van der Waals surface area (Å²) >= 11 is 1.96. The summed E-state index contributed by atoms with van der Waals surface area (Å²) in [5, 5.41) is 9.79. The van der Waals surface area contributed by atoms with Crippen molar-refractivity contribution in [2.75, 3.05) is 0 Å². The Morgan fingerprint density at radius 1 is 1.16 bits per heavy atom. The second kappa shape index (κ2) is 10.7. The van der Waals surface area contributed by atoms with E-state index in [0.717, 1.165) is 5.69 Å². The fourth-order valence-corrected chi connectivity index (χ4v) is 5.09. The molecule has 167 valence electrons. The fourth-order valence-electron chi connectivity index (χ4n) is 3.70. The van der Waals surface area contributed by atoms with Crippen LogP contribution in [0.2, 0.25) is 0 Å². The molecule has 5 heteroatoms. The number of thiophene rings is 1. The van der Waals surface area contributed by atoms with Gasteiger partial charge in [-0.1, -0.05) is 38.3 Å². The Kier molecular flexibility index (Phi) is 8.76. The molecule has 0 saturated heterocycles. The molecule has 1 radical (unpaired) electrons. The zero-order chi connectivity index (χ0) is 21.9. The molecule has 2 heterocycles. The first-order valence-corrected chi connectivity index (χ1v) is 11.3. The van der Waals surface area contributed by atoms with Crippen LogP contribution in [0.4, 0.5) is 0 Å². The molecule has 0 amide bonds. The number of rotatable bonds is 2. The number of nitrogens with zero attached hydrogens (tertiary/aromatic N) is 1. The van der Waals surface area contributed by atoms with Gasteiger partial charge in [0.2, 0.25) is 0 Å². The molecule has 0 saturated carbocycles. The van der Waals surface area contributed by atoms with E-state index >= 15 is 0 Å². The van der Waals surface area contributed by atoms with Crippen molar-refractivity contribution < 1.29 is 30.0 Å². The SMILES string of the molecule is CC(=O)/C=C(/C)O.CC(C)(C)c1ccc(-c2[c-]ccc3c4c(sc23)CCCC4)nc1.[Ir]. The number of benzene rings is 1. The van der Waals surface area contributed by atoms with Crippen molar-refractivity contribution in [2.24, 2.45) is 0 Å². The van der Waals surface area contributed by atoms with Crippen molar-refractivity contribution in [3.8, 4) is 11.3 Å². The average Bonchev–Trinajstić information content (AvgIpc) is 3.05. The topological polar surface area (TPSA) is 50.2 Å². The van der Waals surface area contributed by atoms with Gasteiger partial charge in [-0.3, -0.25) is 4.79 Å². The monoisotopic (exact) mass is 613 g/mol. The Hall–Kier alpha value is -1.81. The largest absolute Gasteiger partial charge is 0.512 e. The maximum absolute atomic E-state index is 10.0. The Bertz CT molecular complexity index is 1070. The number of hydrogen-bond acceptors (Lipinski definition) is 4. The van der Waals surface area contributed by atoms with E-state index < -0.39 is 0 Å². The molecule has 1 aliphatic rings. The molecule has 3 nitrogen and oxygen atoms in total. The van der Waals surface area contributed by atoms with Crippen LogP contribution in [0.1, 0.15) is 63.5 Å². The summed E-state index contributed by atoms with van der Waals surface area (Å²) in [5.74, 6) is -0.0625. The molecule has 0 spiro atoms. The van der Waals surface area contributed by atoms with Crippen molar-refractivity contribution in [1.82, 2.24) is 4.98 Å². The zero-order valence-electron chi connectivity index (χ0n) is 18.8. The van der Waals surface area contributed by atoms with Crippen LogP contribution in [0.15, 0.2) is 42.3 Å². The van der Waals surface area contributed by atoms with Gasteiger partial charge in [0.25, 0.3) is 0 Å². The quantitative estimate of drug-likeness (QED) is 0.193. The third-order valence-electron chi connectivity index (χ3n) is 5.21. The van der Waals surface area contributed by atoms with Gasteiger partial charge in [-0.25, -0.2) is 0 Å². The number of fused-ring (bicyclic) bond motifs is 3. The Labute approximate surface area is 203 Å². The number of allylic oxidation sites excluding steroid dienone is 2. The van der Waals surface area contributed by atoms with Gasteiger partial charge in [0, 0.05) is 32.4 Å². The minimum absolute atomic E-state index is 0. The minimum atomic E-state index is -0.125. The molecule has 0 bridgehead atoms. The molecule has 0 unspecified atom stereocenters. The smallest absolute Gasteiger partial charge is 0.155 e. The number of aryl methyl sites for hydroxylation is 2. The Balaban J connectivity index is 0.000000373. The summed E-state index contributed by atoms with van der Waals surface area (Å²) in [4.78, 5) is 16.3. The molecule has 0 aliphatic heterocycles. The van der Waals surface area contributed by atoms with Gasteiger partial charge >= 0.3 is 0 Å². The first-order valence-electron chi connectivity index (χ1n) is 10.5. The van der Waals surface area contributed by atoms with Gasteiger partial charge in [0.1, 0.15) is 0 Å². The van der Waals surface area contributed by atoms with Gasteiger partial charge in [0.15, 0.2) is 5.78 Å². The Morgan fingerprint density at radius 2 is 1.87 bits per heavy atom. The average molecular weight is 613 g/mol. The minimum Gasteiger partial charge on any atom is -0.512 e. The van der Waals surface area contributed by atoms with E-state index in [1.807, 2.05) is 17.5 Å². The summed E-state index contributed by atoms with van der Waals surface area (Å²) in [6.45, 7) is 9.53. The molecule has 1 aromatic carbocycles. The number of carbonyl (C=O) groups is 1. The molecule has 2 aromatic heterocycles. The third-order valence-corrected chi connectivity index (χ3v) is 6.54. The molecule has 0 fully saturated rings. The molecular formula is C26H30IrNO2S-. The predicted octanol–water partition coefficient (Wildman–Crippen LogP) is 6.97. The first kappa shape index (κ1) is 25.4. The van der Waals surface area contributed by atoms with Crippen molar-refractivity contribution in [3.63, 3.8) is 0 Å². The third kappa shape index (κ3) is 6.35. The number of aliphatic hydroxyl groups excluding tert-OH is 1. The number of carbonyl (C=O) groups excluding carboxylic acids is 1. The summed E-state index contributed by atoms with van der Waals surface area (Å²) in [6, 6.07) is 12.1. The number of aliphatic hydroxyl groups is 1. The van der Waals surface area contributed by atoms with Crippen molar-refractivity contribution in [1.29, 1.82) is 0 Å². The van der Waals surface area contributed by atoms with Crippen LogP contribution in [0.3, 0.4) is 0 Å². The van der Waals surface area contributed by atoms with Crippen molar-refractivity contribution >= 4 is 27.2 Å². The normalized spacial score (nSPS) is 13.6. The summed E-state index contributed by atoms with van der Waals surface area (Å²) in [7, 11) is 0. The predicted molar refractivity (Wildman–Crippen MR) is 126 cm³/mol. The maximum Gasteiger partial charge on any atom is 0.155 e. The van der Waals surface area contributed by atoms with Crippen LogP contribution in [0, 0.1) is 6.07 Å². The second-order valence-electron chi connectivity index (χ2n) is 8.88. The van der Waals surface area contributed by atoms with Crippen LogP contribution in [0.25, 0.3) is 21.3 Å². The molecule has 1 N–H and O–H groups in total. The fraction of sp³-hybridized carbons (Fsp3) is 0.385. The van der Waals surface area contributed by atoms with Crippen LogP contribution < -0.4 is 0 Å². The maximum atomic E-state index is 10.0. The number of aromatic nitrogens is 1. The number of ketones is 1. The van der Waals surface area contributed by atoms with Crippen molar-refractivity contribution in [2.45, 2.75) is 65.7 Å². The number of pyridine rings is 1. The van der Waals surface area contributed by atoms with Gasteiger partial charge in [-0.05, 0) is 71.3 Å². The van der Waals surface area contributed by atoms with Gasteiger partial charge in [-0.15, -0.1) is 23.8 Å². The van der Waals surface area contributed by atoms with E-state index in [2.05, 4.69) is 51.1 Å². The van der Waals surface area contributed by atoms with E-state index in [9.17, 15) is 4.79 Å². The van der Waals surface area contributed by atoms with Crippen LogP contribution in [0.5, 0.6) is 0 Å². The summed E-state index contributed by atoms with van der Waals surface area (Å²) in [6.07, 6.45) is 8.32. The van der Waals surface area contributed by atoms with E-state index in [4.69, 9.17) is 10.1 Å². The van der Waals surface area contributed by atoms with Crippen molar-refractivity contribution in [3.05, 3.63) is 64.4 Å². The van der Waals surface area contributed by atoms with E-state index in [0.29, 0.717) is 0 Å². The first-order chi connectivity index (χ1) is 14.2. The molecule has 0 atom stereocenters. The van der Waals surface area contributed by atoms with E-state index in [1.54, 1.807) is 10.4 Å². The van der Waals surface area contributed by atoms with E-state index in [-0.39, 0.29) is 37.1 Å². The molecular weight excluding hydrogens is 583 g/mol. The van der Waals surface area contributed by atoms with Crippen LogP contribution >= 0.6 is 11.3 Å². The standard InChI is InChI=1S/C21H22NS.C5H8O2.Ir/c1-21(2,3)14-11-12-18(22-13-14)17-9-6-8-16-15-7-4-5-10-19(15)23-20(16)17;1-4(6)3-5(2)7;/h6,8,11-13H,4-5,7,10H2,1-3H3;3,6H,1-2H3;/q-1;;/b;4-3-;. The summed E-state index contributed by atoms with van der Waals surface area (Å²) < 4.78 is 1.37. The second-order valence-corrected chi connectivity index (χ2v) is 9.99. The molecule has 1 aliphatic carbocycles. The van der Waals surface area contributed by atoms with Gasteiger partial charge < -0.3 is 10.1 Å². The van der Waals surface area contributed by atoms with E-state index in [1.165, 1.54) is 66.8 Å². The molecule has 4 rings (SSSR count). The van der Waals surface area contributed by atoms with Crippen LogP contribution in [-0.4, -0.2) is 15.9 Å². The number of hydrogen-bond donors (Lipinski definition) is 1. The van der Waals surface area contributed by atoms with Gasteiger partial charge in [0.05, 0.1) is 5.76 Å². The summed E-state index contributed by atoms with van der Waals surface area (Å²) in [5.41, 5.74) is 5.21. The molecule has 31 heavy (non-hydrogen) atoms. The zero-order valence-corrected chi connectivity index (χ0v) is 22.0. The van der Waals surface area contributed by atoms with Crippen LogP contribution in [-0.2, 0) is 43.2 Å². The Morgan fingerprint density at radius 3 is 2.42 bits per heavy atom.